The third-order valence-electron chi connectivity index (χ3n) is 7.01. The SMILES string of the molecule is COc1ccc([C@@H]2CC(c3cccs3)=NN2C(=O)CSc2nnc(CNC(=O)c3ccccc3)n2-c2cccc(Cl)c2)cc1. The Morgan fingerprint density at radius 1 is 1.02 bits per heavy atom. The number of benzene rings is 3. The Hall–Kier alpha value is -4.45. The molecule has 6 rings (SSSR count). The quantitative estimate of drug-likeness (QED) is 0.177. The minimum atomic E-state index is -0.249. The van der Waals surface area contributed by atoms with Gasteiger partial charge in [-0.15, -0.1) is 21.5 Å². The molecule has 0 aliphatic carbocycles. The second-order valence-electron chi connectivity index (χ2n) is 9.81. The normalized spacial score (nSPS) is 14.4. The van der Waals surface area contributed by atoms with Crippen molar-refractivity contribution >= 4 is 52.2 Å². The lowest BCUT2D eigenvalue weighted by Gasteiger charge is -2.22. The number of methoxy groups -OCH3 is 1. The molecule has 0 saturated heterocycles. The van der Waals surface area contributed by atoms with Gasteiger partial charge in [-0.2, -0.15) is 5.10 Å². The number of amides is 2. The summed E-state index contributed by atoms with van der Waals surface area (Å²) in [6.45, 7) is 0.127. The third-order valence-corrected chi connectivity index (χ3v) is 9.07. The number of hydrogen-bond acceptors (Lipinski definition) is 8. The number of halogens is 1. The van der Waals surface area contributed by atoms with Crippen molar-refractivity contribution in [2.75, 3.05) is 12.9 Å². The van der Waals surface area contributed by atoms with Crippen LogP contribution in [0.15, 0.2) is 107 Å². The van der Waals surface area contributed by atoms with E-state index < -0.39 is 0 Å². The van der Waals surface area contributed by atoms with Crippen molar-refractivity contribution in [3.05, 3.63) is 123 Å². The predicted octanol–water partition coefficient (Wildman–Crippen LogP) is 6.39. The highest BCUT2D eigenvalue weighted by molar-refractivity contribution is 7.99. The Morgan fingerprint density at radius 3 is 2.57 bits per heavy atom. The molecular formula is C32H27ClN6O3S2. The van der Waals surface area contributed by atoms with E-state index in [4.69, 9.17) is 21.4 Å². The Bertz CT molecular complexity index is 1790. The first-order valence-electron chi connectivity index (χ1n) is 13.7. The second-order valence-corrected chi connectivity index (χ2v) is 12.1. The van der Waals surface area contributed by atoms with Gasteiger partial charge in [0.1, 0.15) is 5.75 Å². The number of nitrogens with zero attached hydrogens (tertiary/aromatic N) is 5. The van der Waals surface area contributed by atoms with Crippen molar-refractivity contribution < 1.29 is 14.3 Å². The van der Waals surface area contributed by atoms with E-state index in [2.05, 4.69) is 15.5 Å². The fraction of sp³-hybridized carbons (Fsp3) is 0.156. The molecule has 0 fully saturated rings. The largest absolute Gasteiger partial charge is 0.497 e. The van der Waals surface area contributed by atoms with Crippen LogP contribution in [0.3, 0.4) is 0 Å². The summed E-state index contributed by atoms with van der Waals surface area (Å²) in [5.41, 5.74) is 3.11. The highest BCUT2D eigenvalue weighted by Crippen LogP contribution is 2.35. The summed E-state index contributed by atoms with van der Waals surface area (Å²) in [6, 6.07) is 27.7. The molecule has 222 valence electrons. The Labute approximate surface area is 267 Å². The number of thiophene rings is 1. The molecule has 9 nitrogen and oxygen atoms in total. The molecule has 0 radical (unpaired) electrons. The van der Waals surface area contributed by atoms with E-state index in [9.17, 15) is 9.59 Å². The molecule has 1 aliphatic heterocycles. The van der Waals surface area contributed by atoms with Crippen molar-refractivity contribution in [2.24, 2.45) is 5.10 Å². The summed E-state index contributed by atoms with van der Waals surface area (Å²) < 4.78 is 7.13. The molecule has 2 amide bonds. The highest BCUT2D eigenvalue weighted by Gasteiger charge is 2.33. The highest BCUT2D eigenvalue weighted by atomic mass is 35.5. The lowest BCUT2D eigenvalue weighted by molar-refractivity contribution is -0.130. The maximum absolute atomic E-state index is 13.8. The van der Waals surface area contributed by atoms with Gasteiger partial charge in [0.2, 0.25) is 0 Å². The van der Waals surface area contributed by atoms with Crippen molar-refractivity contribution in [3.8, 4) is 11.4 Å². The molecule has 5 aromatic rings. The van der Waals surface area contributed by atoms with Crippen LogP contribution < -0.4 is 10.1 Å². The smallest absolute Gasteiger partial charge is 0.253 e. The van der Waals surface area contributed by atoms with Gasteiger partial charge in [-0.05, 0) is 59.5 Å². The zero-order valence-corrected chi connectivity index (χ0v) is 26.0. The lowest BCUT2D eigenvalue weighted by Crippen LogP contribution is -2.28. The average molecular weight is 643 g/mol. The van der Waals surface area contributed by atoms with Gasteiger partial charge < -0.3 is 10.1 Å². The van der Waals surface area contributed by atoms with E-state index >= 15 is 0 Å². The van der Waals surface area contributed by atoms with Crippen molar-refractivity contribution in [2.45, 2.75) is 24.2 Å². The van der Waals surface area contributed by atoms with E-state index in [1.807, 2.05) is 72.1 Å². The van der Waals surface area contributed by atoms with Gasteiger partial charge in [0.15, 0.2) is 11.0 Å². The summed E-state index contributed by atoms with van der Waals surface area (Å²) in [4.78, 5) is 27.5. The van der Waals surface area contributed by atoms with Gasteiger partial charge in [0.05, 0.1) is 41.7 Å². The van der Waals surface area contributed by atoms with Crippen LogP contribution >= 0.6 is 34.7 Å². The molecule has 0 spiro atoms. The summed E-state index contributed by atoms with van der Waals surface area (Å²) in [5.74, 6) is 0.927. The Kier molecular flexibility index (Phi) is 9.06. The molecule has 0 unspecified atom stereocenters. The third kappa shape index (κ3) is 6.54. The number of carbonyl (C=O) groups is 2. The van der Waals surface area contributed by atoms with Crippen molar-refractivity contribution in [1.82, 2.24) is 25.1 Å². The van der Waals surface area contributed by atoms with Crippen LogP contribution in [0.5, 0.6) is 5.75 Å². The van der Waals surface area contributed by atoms with Gasteiger partial charge in [-0.1, -0.05) is 65.8 Å². The number of aromatic nitrogens is 3. The second kappa shape index (κ2) is 13.5. The van der Waals surface area contributed by atoms with E-state index in [0.717, 1.165) is 27.6 Å². The van der Waals surface area contributed by atoms with E-state index in [1.165, 1.54) is 11.8 Å². The summed E-state index contributed by atoms with van der Waals surface area (Å²) in [7, 11) is 1.63. The molecule has 1 N–H and O–H groups in total. The zero-order valence-electron chi connectivity index (χ0n) is 23.6. The van der Waals surface area contributed by atoms with Crippen molar-refractivity contribution in [1.29, 1.82) is 0 Å². The van der Waals surface area contributed by atoms with Crippen LogP contribution in [0.25, 0.3) is 5.69 Å². The van der Waals surface area contributed by atoms with Crippen molar-refractivity contribution in [3.63, 3.8) is 0 Å². The Morgan fingerprint density at radius 2 is 1.84 bits per heavy atom. The van der Waals surface area contributed by atoms with Crippen LogP contribution in [-0.4, -0.2) is 50.2 Å². The topological polar surface area (TPSA) is 102 Å². The maximum Gasteiger partial charge on any atom is 0.253 e. The summed E-state index contributed by atoms with van der Waals surface area (Å²) >= 11 is 9.18. The van der Waals surface area contributed by atoms with Gasteiger partial charge in [0.25, 0.3) is 11.8 Å². The summed E-state index contributed by atoms with van der Waals surface area (Å²) in [5, 5.41) is 21.0. The first-order chi connectivity index (χ1) is 21.5. The number of hydrazone groups is 1. The van der Waals surface area contributed by atoms with Crippen LogP contribution in [0, 0.1) is 0 Å². The van der Waals surface area contributed by atoms with E-state index in [1.54, 1.807) is 52.3 Å². The number of carbonyl (C=O) groups excluding carboxylic acids is 2. The predicted molar refractivity (Wildman–Crippen MR) is 173 cm³/mol. The van der Waals surface area contributed by atoms with Crippen LogP contribution in [0.2, 0.25) is 5.02 Å². The standard InChI is InChI=1S/C32H27ClN6O3S2/c1-42-25-14-12-21(13-15-25)27-18-26(28-11-6-16-43-28)37-39(27)30(40)20-44-32-36-35-29(38(32)24-10-5-9-23(33)17-24)19-34-31(41)22-7-3-2-4-8-22/h2-17,27H,18-20H2,1H3,(H,34,41)/t27-/m0/s1. The van der Waals surface area contributed by atoms with Crippen LogP contribution in [-0.2, 0) is 11.3 Å². The fourth-order valence-electron chi connectivity index (χ4n) is 4.84. The van der Waals surface area contributed by atoms with Crippen LogP contribution in [0.1, 0.15) is 39.1 Å². The minimum absolute atomic E-state index is 0.0724. The first-order valence-corrected chi connectivity index (χ1v) is 16.0. The molecule has 44 heavy (non-hydrogen) atoms. The molecule has 3 heterocycles. The van der Waals surface area contributed by atoms with Gasteiger partial charge in [-0.3, -0.25) is 14.2 Å². The molecule has 3 aromatic carbocycles. The van der Waals surface area contributed by atoms with E-state index in [-0.39, 0.29) is 30.2 Å². The minimum Gasteiger partial charge on any atom is -0.497 e. The lowest BCUT2D eigenvalue weighted by atomic mass is 10.0. The molecule has 12 heteroatoms. The molecule has 1 aliphatic rings. The maximum atomic E-state index is 13.8. The number of nitrogens with one attached hydrogen (secondary N) is 1. The van der Waals surface area contributed by atoms with Gasteiger partial charge in [0, 0.05) is 17.0 Å². The average Bonchev–Trinajstić information content (AvgIpc) is 3.83. The number of hydrogen-bond donors (Lipinski definition) is 1. The fourth-order valence-corrected chi connectivity index (χ4v) is 6.57. The zero-order chi connectivity index (χ0) is 30.5. The summed E-state index contributed by atoms with van der Waals surface area (Å²) in [6.07, 6.45) is 0.604. The molecule has 0 bridgehead atoms. The number of thioether (sulfide) groups is 1. The van der Waals surface area contributed by atoms with Crippen LogP contribution in [0.4, 0.5) is 0 Å². The monoisotopic (exact) mass is 642 g/mol. The number of ether oxygens (including phenoxy) is 1. The number of rotatable bonds is 10. The van der Waals surface area contributed by atoms with Gasteiger partial charge in [-0.25, -0.2) is 5.01 Å². The molecule has 1 atom stereocenters. The van der Waals surface area contributed by atoms with E-state index in [0.29, 0.717) is 28.0 Å². The van der Waals surface area contributed by atoms with Gasteiger partial charge >= 0.3 is 0 Å². The Balaban J connectivity index is 1.24. The molecule has 0 saturated carbocycles. The molecule has 2 aromatic heterocycles. The molecular weight excluding hydrogens is 616 g/mol. The first kappa shape index (κ1) is 29.6.